The van der Waals surface area contributed by atoms with Crippen LogP contribution >= 0.6 is 0 Å². The van der Waals surface area contributed by atoms with Crippen LogP contribution in [0.25, 0.3) is 22.0 Å². The van der Waals surface area contributed by atoms with Gasteiger partial charge in [-0.2, -0.15) is 9.82 Å². The first-order valence-electron chi connectivity index (χ1n) is 14.3. The van der Waals surface area contributed by atoms with Crippen LogP contribution in [0, 0.1) is 13.8 Å². The first-order chi connectivity index (χ1) is 21.1. The Morgan fingerprint density at radius 2 is 1.75 bits per heavy atom. The summed E-state index contributed by atoms with van der Waals surface area (Å²) in [5.41, 5.74) is 0.831. The van der Waals surface area contributed by atoms with Crippen LogP contribution in [-0.2, 0) is 14.8 Å². The molecule has 0 saturated carbocycles. The van der Waals surface area contributed by atoms with Gasteiger partial charge in [-0.15, -0.1) is 0 Å². The van der Waals surface area contributed by atoms with Crippen molar-refractivity contribution in [2.45, 2.75) is 43.7 Å². The van der Waals surface area contributed by atoms with Gasteiger partial charge in [-0.25, -0.2) is 13.2 Å². The number of aliphatic carboxylic acids is 1. The van der Waals surface area contributed by atoms with Crippen molar-refractivity contribution in [2.75, 3.05) is 19.6 Å². The molecule has 1 atom stereocenters. The van der Waals surface area contributed by atoms with E-state index >= 15 is 0 Å². The number of benzene rings is 3. The second-order valence-electron chi connectivity index (χ2n) is 10.8. The van der Waals surface area contributed by atoms with Crippen molar-refractivity contribution in [3.8, 4) is 11.1 Å². The van der Waals surface area contributed by atoms with Crippen molar-refractivity contribution >= 4 is 38.8 Å². The number of aliphatic imine (C=N–C) groups is 1. The molecule has 1 aromatic heterocycles. The molecular formula is C31H35N7O5S. The highest BCUT2D eigenvalue weighted by Gasteiger charge is 2.44. The Labute approximate surface area is 255 Å². The Morgan fingerprint density at radius 3 is 2.43 bits per heavy atom. The molecule has 0 saturated heterocycles. The molecule has 230 valence electrons. The largest absolute Gasteiger partial charge is 0.478 e. The first kappa shape index (κ1) is 30.7. The van der Waals surface area contributed by atoms with Crippen LogP contribution in [0.4, 0.5) is 0 Å². The first-order valence-corrected chi connectivity index (χ1v) is 15.8. The Hall–Kier alpha value is -4.75. The van der Waals surface area contributed by atoms with Gasteiger partial charge in [0.25, 0.3) is 5.91 Å². The van der Waals surface area contributed by atoms with E-state index in [1.165, 1.54) is 6.07 Å². The number of aryl methyl sites for hydroxylation is 2. The molecule has 0 spiro atoms. The number of rotatable bonds is 12. The SMILES string of the molecule is Cc1cc(-c2ccccc2)cc(C)c1S(=O)(=O)NC(CCCCNC1=NCCN1)(NC(=O)c1cccc2cn[nH]c12)C(=O)O. The monoisotopic (exact) mass is 617 g/mol. The van der Waals surface area contributed by atoms with Gasteiger partial charge in [0, 0.05) is 18.5 Å². The number of para-hydroxylation sites is 1. The highest BCUT2D eigenvalue weighted by atomic mass is 32.2. The summed E-state index contributed by atoms with van der Waals surface area (Å²) in [6.45, 7) is 5.23. The Kier molecular flexibility index (Phi) is 8.97. The highest BCUT2D eigenvalue weighted by Crippen LogP contribution is 2.29. The predicted molar refractivity (Wildman–Crippen MR) is 168 cm³/mol. The molecule has 4 aromatic rings. The van der Waals surface area contributed by atoms with E-state index in [1.807, 2.05) is 30.3 Å². The zero-order valence-corrected chi connectivity index (χ0v) is 25.3. The molecule has 0 aliphatic carbocycles. The lowest BCUT2D eigenvalue weighted by molar-refractivity contribution is -0.145. The van der Waals surface area contributed by atoms with Crippen LogP contribution < -0.4 is 20.7 Å². The fourth-order valence-corrected chi connectivity index (χ4v) is 7.22. The second kappa shape index (κ2) is 12.9. The number of unbranched alkanes of at least 4 members (excludes halogenated alkanes) is 1. The molecule has 44 heavy (non-hydrogen) atoms. The summed E-state index contributed by atoms with van der Waals surface area (Å²) < 4.78 is 30.4. The van der Waals surface area contributed by atoms with Crippen molar-refractivity contribution in [1.29, 1.82) is 0 Å². The minimum Gasteiger partial charge on any atom is -0.478 e. The number of carboxylic acid groups (broad SMARTS) is 1. The zero-order valence-electron chi connectivity index (χ0n) is 24.5. The van der Waals surface area contributed by atoms with Crippen molar-refractivity contribution in [2.24, 2.45) is 4.99 Å². The van der Waals surface area contributed by atoms with E-state index in [9.17, 15) is 23.1 Å². The maximum atomic E-state index is 14.0. The van der Waals surface area contributed by atoms with Crippen LogP contribution in [0.1, 0.15) is 40.7 Å². The molecule has 1 aliphatic heterocycles. The lowest BCUT2D eigenvalue weighted by Gasteiger charge is -2.32. The van der Waals surface area contributed by atoms with Gasteiger partial charge in [-0.1, -0.05) is 54.6 Å². The van der Waals surface area contributed by atoms with Crippen molar-refractivity contribution < 1.29 is 23.1 Å². The maximum Gasteiger partial charge on any atom is 0.345 e. The predicted octanol–water partition coefficient (Wildman–Crippen LogP) is 3.06. The zero-order chi connectivity index (χ0) is 31.3. The fraction of sp³-hybridized carbons (Fsp3) is 0.290. The highest BCUT2D eigenvalue weighted by molar-refractivity contribution is 7.89. The number of aromatic amines is 1. The van der Waals surface area contributed by atoms with E-state index in [-0.39, 0.29) is 23.3 Å². The van der Waals surface area contributed by atoms with Gasteiger partial charge >= 0.3 is 5.97 Å². The van der Waals surface area contributed by atoms with Gasteiger partial charge in [0.1, 0.15) is 0 Å². The van der Waals surface area contributed by atoms with E-state index in [4.69, 9.17) is 0 Å². The van der Waals surface area contributed by atoms with Crippen LogP contribution in [0.2, 0.25) is 0 Å². The molecule has 0 bridgehead atoms. The molecular weight excluding hydrogens is 582 g/mol. The van der Waals surface area contributed by atoms with E-state index in [1.54, 1.807) is 44.3 Å². The van der Waals surface area contributed by atoms with Gasteiger partial charge in [-0.05, 0) is 61.4 Å². The molecule has 1 aliphatic rings. The number of hydrogen-bond acceptors (Lipinski definition) is 8. The third-order valence-electron chi connectivity index (χ3n) is 7.50. The number of H-pyrrole nitrogens is 1. The molecule has 1 amide bonds. The molecule has 5 rings (SSSR count). The van der Waals surface area contributed by atoms with Gasteiger partial charge in [0.2, 0.25) is 15.7 Å². The lowest BCUT2D eigenvalue weighted by atomic mass is 10.0. The minimum atomic E-state index is -4.45. The van der Waals surface area contributed by atoms with Crippen molar-refractivity contribution in [3.05, 3.63) is 83.6 Å². The number of nitrogens with one attached hydrogen (secondary N) is 5. The van der Waals surface area contributed by atoms with Crippen molar-refractivity contribution in [1.82, 2.24) is 30.9 Å². The third-order valence-corrected chi connectivity index (χ3v) is 9.30. The number of aromatic nitrogens is 2. The average molecular weight is 618 g/mol. The lowest BCUT2D eigenvalue weighted by Crippen LogP contribution is -2.65. The van der Waals surface area contributed by atoms with Gasteiger partial charge in [-0.3, -0.25) is 14.9 Å². The summed E-state index contributed by atoms with van der Waals surface area (Å²) >= 11 is 0. The van der Waals surface area contributed by atoms with Gasteiger partial charge < -0.3 is 21.1 Å². The Bertz CT molecular complexity index is 1800. The average Bonchev–Trinajstić information content (AvgIpc) is 3.69. The quantitative estimate of drug-likeness (QED) is 0.104. The van der Waals surface area contributed by atoms with Crippen LogP contribution in [0.15, 0.2) is 76.7 Å². The number of fused-ring (bicyclic) bond motifs is 1. The summed E-state index contributed by atoms with van der Waals surface area (Å²) in [4.78, 5) is 30.8. The third kappa shape index (κ3) is 6.58. The standard InChI is InChI=1S/C31H35N7O5S/c1-20-17-24(22-9-4-3-5-10-22)18-21(2)27(20)44(42,43)38-31(29(40)41,13-6-7-14-32-30-33-15-16-34-30)36-28(39)25-12-8-11-23-19-35-37-26(23)25/h3-5,8-12,17-19,38H,6-7,13-16H2,1-2H3,(H,35,37)(H,36,39)(H,40,41)(H2,32,33,34). The molecule has 0 fully saturated rings. The van der Waals surface area contributed by atoms with Crippen LogP contribution in [0.5, 0.6) is 0 Å². The van der Waals surface area contributed by atoms with Crippen molar-refractivity contribution in [3.63, 3.8) is 0 Å². The molecule has 13 heteroatoms. The second-order valence-corrected chi connectivity index (χ2v) is 12.4. The molecule has 12 nitrogen and oxygen atoms in total. The number of guanidine groups is 1. The van der Waals surface area contributed by atoms with E-state index in [2.05, 4.69) is 35.9 Å². The Balaban J connectivity index is 1.46. The summed E-state index contributed by atoms with van der Waals surface area (Å²) in [7, 11) is -4.45. The fourth-order valence-electron chi connectivity index (χ4n) is 5.45. The normalized spacial score (nSPS) is 14.5. The number of carboxylic acids is 1. The van der Waals surface area contributed by atoms with Crippen LogP contribution in [-0.4, -0.2) is 66.9 Å². The number of carbonyl (C=O) groups is 2. The topological polar surface area (TPSA) is 178 Å². The van der Waals surface area contributed by atoms with Gasteiger partial charge in [0.15, 0.2) is 5.96 Å². The van der Waals surface area contributed by atoms with E-state index in [0.717, 1.165) is 17.7 Å². The van der Waals surface area contributed by atoms with E-state index < -0.39 is 27.6 Å². The smallest absolute Gasteiger partial charge is 0.345 e. The summed E-state index contributed by atoms with van der Waals surface area (Å²) in [6.07, 6.45) is 2.09. The molecule has 0 radical (unpaired) electrons. The molecule has 1 unspecified atom stereocenters. The number of nitrogens with zero attached hydrogens (tertiary/aromatic N) is 2. The van der Waals surface area contributed by atoms with E-state index in [0.29, 0.717) is 47.5 Å². The van der Waals surface area contributed by atoms with Crippen LogP contribution in [0.3, 0.4) is 0 Å². The number of carbonyl (C=O) groups excluding carboxylic acids is 1. The van der Waals surface area contributed by atoms with Gasteiger partial charge in [0.05, 0.1) is 28.7 Å². The number of hydrogen-bond donors (Lipinski definition) is 6. The Morgan fingerprint density at radius 1 is 1.00 bits per heavy atom. The maximum absolute atomic E-state index is 14.0. The summed E-state index contributed by atoms with van der Waals surface area (Å²) in [5, 5.41) is 26.7. The number of amides is 1. The summed E-state index contributed by atoms with van der Waals surface area (Å²) in [5.74, 6) is -1.63. The molecule has 3 aromatic carbocycles. The molecule has 2 heterocycles. The summed E-state index contributed by atoms with van der Waals surface area (Å²) in [6, 6.07) is 18.0. The number of sulfonamides is 1. The minimum absolute atomic E-state index is 0.0419. The molecule has 6 N–H and O–H groups in total.